The van der Waals surface area contributed by atoms with Gasteiger partial charge in [-0.05, 0) is 74.9 Å². The van der Waals surface area contributed by atoms with Crippen LogP contribution >= 0.6 is 11.3 Å². The van der Waals surface area contributed by atoms with Crippen LogP contribution in [0.1, 0.15) is 39.7 Å². The highest BCUT2D eigenvalue weighted by Gasteiger charge is 2.57. The van der Waals surface area contributed by atoms with Crippen LogP contribution in [0.25, 0.3) is 5.57 Å². The quantitative estimate of drug-likeness (QED) is 0.281. The number of anilines is 1. The number of aliphatic hydroxyl groups is 1. The van der Waals surface area contributed by atoms with E-state index < -0.39 is 54.2 Å². The zero-order valence-corrected chi connectivity index (χ0v) is 23.0. The van der Waals surface area contributed by atoms with Crippen molar-refractivity contribution in [2.75, 3.05) is 19.2 Å². The van der Waals surface area contributed by atoms with E-state index in [1.807, 2.05) is 5.38 Å². The lowest BCUT2D eigenvalue weighted by Gasteiger charge is -2.44. The van der Waals surface area contributed by atoms with E-state index in [-0.39, 0.29) is 23.6 Å². The average molecular weight is 559 g/mol. The van der Waals surface area contributed by atoms with Gasteiger partial charge in [-0.2, -0.15) is 0 Å². The molecule has 1 aromatic carbocycles. The molecule has 39 heavy (non-hydrogen) atoms. The SMILES string of the molecule is COc1cc(C2=C(C(=O)OCOC(=O)C(C)(C)C)N3C(=O)[C@H]([C@@H](C)O)[C@H]3C2)ccc1OC(=O)Nc1cccs1. The fourth-order valence-corrected chi connectivity index (χ4v) is 5.06. The summed E-state index contributed by atoms with van der Waals surface area (Å²) in [4.78, 5) is 51.7. The van der Waals surface area contributed by atoms with Gasteiger partial charge in [0.05, 0.1) is 35.6 Å². The maximum absolute atomic E-state index is 13.2. The van der Waals surface area contributed by atoms with Crippen LogP contribution in [0.2, 0.25) is 0 Å². The number of rotatable bonds is 8. The fraction of sp³-hybridized carbons (Fsp3) is 0.407. The van der Waals surface area contributed by atoms with Crippen molar-refractivity contribution in [1.82, 2.24) is 4.90 Å². The van der Waals surface area contributed by atoms with Gasteiger partial charge in [0.1, 0.15) is 5.70 Å². The van der Waals surface area contributed by atoms with Crippen LogP contribution in [0.5, 0.6) is 11.5 Å². The molecule has 208 valence electrons. The van der Waals surface area contributed by atoms with Gasteiger partial charge in [-0.1, -0.05) is 6.07 Å². The Kier molecular flexibility index (Phi) is 7.98. The fourth-order valence-electron chi connectivity index (χ4n) is 4.45. The molecule has 0 aliphatic carbocycles. The third-order valence-electron chi connectivity index (χ3n) is 6.38. The molecule has 2 amide bonds. The molecule has 0 unspecified atom stereocenters. The summed E-state index contributed by atoms with van der Waals surface area (Å²) < 4.78 is 21.1. The number of hydrogen-bond acceptors (Lipinski definition) is 10. The largest absolute Gasteiger partial charge is 0.493 e. The number of β-lactam (4-membered cyclic amide) rings is 1. The summed E-state index contributed by atoms with van der Waals surface area (Å²) in [5.41, 5.74) is 0.230. The van der Waals surface area contributed by atoms with Crippen molar-refractivity contribution in [1.29, 1.82) is 0 Å². The number of nitrogens with one attached hydrogen (secondary N) is 1. The molecular formula is C27H30N2O9S. The Hall–Kier alpha value is -3.90. The minimum Gasteiger partial charge on any atom is -0.493 e. The van der Waals surface area contributed by atoms with Gasteiger partial charge in [0, 0.05) is 0 Å². The third-order valence-corrected chi connectivity index (χ3v) is 7.16. The molecule has 0 saturated carbocycles. The van der Waals surface area contributed by atoms with Gasteiger partial charge < -0.3 is 29.0 Å². The second-order valence-electron chi connectivity index (χ2n) is 10.2. The Labute approximate surface area is 229 Å². The standard InChI is InChI=1S/C27H30N2O9S/c1-14(30)21-17-12-16(22(29(17)23(21)31)24(32)36-13-37-25(33)27(2,3)4)15-8-9-18(19(11-15)35-5)38-26(34)28-20-7-6-10-39-20/h6-11,14,17,21,30H,12-13H2,1-5H3,(H,28,34)/t14-,17-,21-/m1/s1. The molecule has 1 aromatic heterocycles. The van der Waals surface area contributed by atoms with E-state index in [1.165, 1.54) is 36.3 Å². The molecule has 1 fully saturated rings. The molecule has 3 atom stereocenters. The number of hydrogen-bond donors (Lipinski definition) is 2. The molecule has 2 N–H and O–H groups in total. The zero-order valence-electron chi connectivity index (χ0n) is 22.2. The van der Waals surface area contributed by atoms with Gasteiger partial charge >= 0.3 is 18.0 Å². The van der Waals surface area contributed by atoms with Crippen molar-refractivity contribution in [2.45, 2.75) is 46.3 Å². The monoisotopic (exact) mass is 558 g/mol. The number of benzene rings is 1. The number of carbonyl (C=O) groups is 4. The molecule has 3 heterocycles. The molecule has 4 rings (SSSR count). The first-order valence-corrected chi connectivity index (χ1v) is 13.1. The van der Waals surface area contributed by atoms with E-state index in [9.17, 15) is 24.3 Å². The number of ether oxygens (including phenoxy) is 4. The summed E-state index contributed by atoms with van der Waals surface area (Å²) in [5, 5.41) is 15.2. The predicted octanol–water partition coefficient (Wildman–Crippen LogP) is 3.78. The van der Waals surface area contributed by atoms with E-state index in [2.05, 4.69) is 5.32 Å². The van der Waals surface area contributed by atoms with E-state index in [0.29, 0.717) is 16.1 Å². The lowest BCUT2D eigenvalue weighted by atomic mass is 9.82. The lowest BCUT2D eigenvalue weighted by molar-refractivity contribution is -0.175. The van der Waals surface area contributed by atoms with Crippen molar-refractivity contribution in [3.05, 3.63) is 47.0 Å². The number of amides is 2. The number of fused-ring (bicyclic) bond motifs is 1. The summed E-state index contributed by atoms with van der Waals surface area (Å²) in [6, 6.07) is 7.82. The third kappa shape index (κ3) is 5.76. The number of carbonyl (C=O) groups excluding carboxylic acids is 4. The number of thiophene rings is 1. The first-order valence-electron chi connectivity index (χ1n) is 12.2. The number of nitrogens with zero attached hydrogens (tertiary/aromatic N) is 1. The van der Waals surface area contributed by atoms with Crippen molar-refractivity contribution in [3.8, 4) is 11.5 Å². The van der Waals surface area contributed by atoms with Crippen LogP contribution in [0, 0.1) is 11.3 Å². The molecule has 2 aromatic rings. The van der Waals surface area contributed by atoms with E-state index >= 15 is 0 Å². The number of esters is 2. The van der Waals surface area contributed by atoms with Gasteiger partial charge in [0.25, 0.3) is 0 Å². The average Bonchev–Trinajstić information content (AvgIpc) is 3.49. The number of aliphatic hydroxyl groups excluding tert-OH is 1. The predicted molar refractivity (Wildman–Crippen MR) is 141 cm³/mol. The minimum absolute atomic E-state index is 0.000123. The normalized spacial score (nSPS) is 19.1. The second-order valence-corrected chi connectivity index (χ2v) is 11.1. The van der Waals surface area contributed by atoms with Crippen LogP contribution in [0.15, 0.2) is 41.4 Å². The molecule has 2 aliphatic rings. The zero-order chi connectivity index (χ0) is 28.5. The van der Waals surface area contributed by atoms with Crippen LogP contribution < -0.4 is 14.8 Å². The molecule has 1 saturated heterocycles. The summed E-state index contributed by atoms with van der Waals surface area (Å²) in [6.45, 7) is 5.91. The second kappa shape index (κ2) is 11.1. The van der Waals surface area contributed by atoms with Crippen LogP contribution in [0.4, 0.5) is 9.80 Å². The lowest BCUT2D eigenvalue weighted by Crippen LogP contribution is -2.61. The Balaban J connectivity index is 1.59. The summed E-state index contributed by atoms with van der Waals surface area (Å²) in [7, 11) is 1.41. The minimum atomic E-state index is -0.907. The van der Waals surface area contributed by atoms with Gasteiger partial charge in [0.15, 0.2) is 11.5 Å². The van der Waals surface area contributed by atoms with Crippen molar-refractivity contribution in [3.63, 3.8) is 0 Å². The highest BCUT2D eigenvalue weighted by atomic mass is 32.1. The molecule has 0 radical (unpaired) electrons. The topological polar surface area (TPSA) is 141 Å². The Morgan fingerprint density at radius 2 is 1.92 bits per heavy atom. The maximum Gasteiger partial charge on any atom is 0.417 e. The van der Waals surface area contributed by atoms with E-state index in [1.54, 1.807) is 45.0 Å². The summed E-state index contributed by atoms with van der Waals surface area (Å²) >= 11 is 1.34. The Bertz CT molecular complexity index is 1310. The van der Waals surface area contributed by atoms with Crippen molar-refractivity contribution in [2.24, 2.45) is 11.3 Å². The van der Waals surface area contributed by atoms with Crippen LogP contribution in [-0.4, -0.2) is 60.0 Å². The number of methoxy groups -OCH3 is 1. The maximum atomic E-state index is 13.2. The van der Waals surface area contributed by atoms with Crippen molar-refractivity contribution < 1.29 is 43.2 Å². The van der Waals surface area contributed by atoms with Crippen LogP contribution in [-0.2, 0) is 23.9 Å². The van der Waals surface area contributed by atoms with E-state index in [0.717, 1.165) is 0 Å². The highest BCUT2D eigenvalue weighted by Crippen LogP contribution is 2.48. The molecular weight excluding hydrogens is 528 g/mol. The molecule has 0 bridgehead atoms. The molecule has 2 aliphatic heterocycles. The van der Waals surface area contributed by atoms with Crippen LogP contribution in [0.3, 0.4) is 0 Å². The Morgan fingerprint density at radius 1 is 1.18 bits per heavy atom. The molecule has 12 heteroatoms. The molecule has 11 nitrogen and oxygen atoms in total. The first-order chi connectivity index (χ1) is 18.4. The van der Waals surface area contributed by atoms with Gasteiger partial charge in [-0.3, -0.25) is 14.9 Å². The highest BCUT2D eigenvalue weighted by molar-refractivity contribution is 7.14. The smallest absolute Gasteiger partial charge is 0.417 e. The van der Waals surface area contributed by atoms with Gasteiger partial charge in [-0.15, -0.1) is 11.3 Å². The van der Waals surface area contributed by atoms with Gasteiger partial charge in [-0.25, -0.2) is 9.59 Å². The Morgan fingerprint density at radius 3 is 2.54 bits per heavy atom. The van der Waals surface area contributed by atoms with Crippen molar-refractivity contribution >= 4 is 45.9 Å². The van der Waals surface area contributed by atoms with Gasteiger partial charge in [0.2, 0.25) is 12.7 Å². The summed E-state index contributed by atoms with van der Waals surface area (Å²) in [6.07, 6.45) is -1.34. The first kappa shape index (κ1) is 28.1. The summed E-state index contributed by atoms with van der Waals surface area (Å²) in [5.74, 6) is -2.10. The molecule has 0 spiro atoms. The van der Waals surface area contributed by atoms with E-state index in [4.69, 9.17) is 18.9 Å².